The van der Waals surface area contributed by atoms with Crippen LogP contribution in [-0.4, -0.2) is 18.1 Å². The molecule has 110 valence electrons. The lowest BCUT2D eigenvalue weighted by Crippen LogP contribution is -2.22. The molecule has 0 atom stereocenters. The number of nitrogens with zero attached hydrogens (tertiary/aromatic N) is 2. The second kappa shape index (κ2) is 6.58. The minimum Gasteiger partial charge on any atom is -0.368 e. The van der Waals surface area contributed by atoms with E-state index in [0.29, 0.717) is 0 Å². The van der Waals surface area contributed by atoms with E-state index >= 15 is 0 Å². The summed E-state index contributed by atoms with van der Waals surface area (Å²) in [7, 11) is 2.12. The Labute approximate surface area is 134 Å². The average Bonchev–Trinajstić information content (AvgIpc) is 3.30. The van der Waals surface area contributed by atoms with Gasteiger partial charge in [-0.25, -0.2) is 0 Å². The molecule has 3 rings (SSSR count). The number of aromatic nitrogens is 1. The second-order valence-corrected chi connectivity index (χ2v) is 6.52. The molecule has 0 radical (unpaired) electrons. The number of nitrogens with one attached hydrogen (secondary N) is 1. The Bertz CT molecular complexity index is 596. The summed E-state index contributed by atoms with van der Waals surface area (Å²) in [4.78, 5) is 6.67. The van der Waals surface area contributed by atoms with Crippen LogP contribution < -0.4 is 10.2 Å². The first kappa shape index (κ1) is 14.5. The standard InChI is InChI=1S/C17H20BrN3/c1-21(12-16-4-2-3-9-19-16)17-8-5-14(18)10-13(17)11-20-15-6-7-15/h2-5,8-10,15,20H,6-7,11-12H2,1H3. The van der Waals surface area contributed by atoms with Gasteiger partial charge in [-0.15, -0.1) is 0 Å². The minimum atomic E-state index is 0.720. The van der Waals surface area contributed by atoms with Gasteiger partial charge in [0.1, 0.15) is 0 Å². The first-order valence-corrected chi connectivity index (χ1v) is 8.14. The number of halogens is 1. The number of benzene rings is 1. The lowest BCUT2D eigenvalue weighted by atomic mass is 10.1. The van der Waals surface area contributed by atoms with Gasteiger partial charge in [0.25, 0.3) is 0 Å². The third kappa shape index (κ3) is 4.05. The predicted octanol–water partition coefficient (Wildman–Crippen LogP) is 3.73. The van der Waals surface area contributed by atoms with Crippen molar-refractivity contribution in [3.05, 3.63) is 58.3 Å². The van der Waals surface area contributed by atoms with Gasteiger partial charge in [0, 0.05) is 36.0 Å². The molecule has 1 aromatic heterocycles. The first-order chi connectivity index (χ1) is 10.2. The molecule has 4 heteroatoms. The SMILES string of the molecule is CN(Cc1ccccn1)c1ccc(Br)cc1CNC1CC1. The fraction of sp³-hybridized carbons (Fsp3) is 0.353. The normalized spacial score (nSPS) is 14.2. The smallest absolute Gasteiger partial charge is 0.0598 e. The number of anilines is 1. The number of rotatable bonds is 6. The van der Waals surface area contributed by atoms with Crippen LogP contribution in [-0.2, 0) is 13.1 Å². The van der Waals surface area contributed by atoms with E-state index in [-0.39, 0.29) is 0 Å². The molecule has 1 fully saturated rings. The van der Waals surface area contributed by atoms with Crippen molar-refractivity contribution in [2.24, 2.45) is 0 Å². The molecule has 1 aromatic carbocycles. The third-order valence-electron chi connectivity index (χ3n) is 3.74. The number of hydrogen-bond acceptors (Lipinski definition) is 3. The summed E-state index contributed by atoms with van der Waals surface area (Å²) in [6.07, 6.45) is 4.47. The molecular formula is C17H20BrN3. The highest BCUT2D eigenvalue weighted by molar-refractivity contribution is 9.10. The van der Waals surface area contributed by atoms with Gasteiger partial charge in [-0.05, 0) is 48.7 Å². The Balaban J connectivity index is 1.75. The molecule has 0 unspecified atom stereocenters. The van der Waals surface area contributed by atoms with Crippen LogP contribution >= 0.6 is 15.9 Å². The van der Waals surface area contributed by atoms with Crippen molar-refractivity contribution in [2.75, 3.05) is 11.9 Å². The molecule has 1 heterocycles. The van der Waals surface area contributed by atoms with Crippen LogP contribution in [0.5, 0.6) is 0 Å². The Morgan fingerprint density at radius 3 is 2.86 bits per heavy atom. The van der Waals surface area contributed by atoms with Crippen molar-refractivity contribution >= 4 is 21.6 Å². The van der Waals surface area contributed by atoms with E-state index in [2.05, 4.69) is 62.4 Å². The molecule has 2 aromatic rings. The zero-order chi connectivity index (χ0) is 14.7. The van der Waals surface area contributed by atoms with Gasteiger partial charge < -0.3 is 10.2 Å². The Morgan fingerprint density at radius 1 is 1.29 bits per heavy atom. The molecular weight excluding hydrogens is 326 g/mol. The summed E-state index contributed by atoms with van der Waals surface area (Å²) >= 11 is 3.58. The van der Waals surface area contributed by atoms with E-state index in [1.165, 1.54) is 24.1 Å². The summed E-state index contributed by atoms with van der Waals surface area (Å²) < 4.78 is 1.13. The molecule has 1 N–H and O–H groups in total. The highest BCUT2D eigenvalue weighted by Crippen LogP contribution is 2.26. The number of pyridine rings is 1. The van der Waals surface area contributed by atoms with Gasteiger partial charge in [0.05, 0.1) is 12.2 Å². The van der Waals surface area contributed by atoms with Crippen LogP contribution in [0.2, 0.25) is 0 Å². The summed E-state index contributed by atoms with van der Waals surface area (Å²) in [5.74, 6) is 0. The maximum absolute atomic E-state index is 4.41. The van der Waals surface area contributed by atoms with Crippen LogP contribution in [0, 0.1) is 0 Å². The second-order valence-electron chi connectivity index (χ2n) is 5.61. The van der Waals surface area contributed by atoms with Crippen molar-refractivity contribution in [3.63, 3.8) is 0 Å². The van der Waals surface area contributed by atoms with E-state index < -0.39 is 0 Å². The van der Waals surface area contributed by atoms with E-state index in [4.69, 9.17) is 0 Å². The van der Waals surface area contributed by atoms with Gasteiger partial charge in [-0.2, -0.15) is 0 Å². The minimum absolute atomic E-state index is 0.720. The molecule has 3 nitrogen and oxygen atoms in total. The molecule has 0 saturated heterocycles. The zero-order valence-corrected chi connectivity index (χ0v) is 13.8. The Hall–Kier alpha value is -1.39. The fourth-order valence-corrected chi connectivity index (χ4v) is 2.84. The van der Waals surface area contributed by atoms with Crippen molar-refractivity contribution in [2.45, 2.75) is 32.0 Å². The highest BCUT2D eigenvalue weighted by Gasteiger charge is 2.21. The molecule has 21 heavy (non-hydrogen) atoms. The monoisotopic (exact) mass is 345 g/mol. The molecule has 1 aliphatic carbocycles. The summed E-state index contributed by atoms with van der Waals surface area (Å²) in [6, 6.07) is 13.3. The molecule has 0 amide bonds. The van der Waals surface area contributed by atoms with Gasteiger partial charge >= 0.3 is 0 Å². The largest absolute Gasteiger partial charge is 0.368 e. The lowest BCUT2D eigenvalue weighted by Gasteiger charge is -2.23. The molecule has 1 aliphatic rings. The Kier molecular flexibility index (Phi) is 4.56. The van der Waals surface area contributed by atoms with Crippen LogP contribution in [0.3, 0.4) is 0 Å². The van der Waals surface area contributed by atoms with Crippen molar-refractivity contribution in [1.29, 1.82) is 0 Å². The fourth-order valence-electron chi connectivity index (χ4n) is 2.43. The van der Waals surface area contributed by atoms with Gasteiger partial charge in [0.15, 0.2) is 0 Å². The number of hydrogen-bond donors (Lipinski definition) is 1. The van der Waals surface area contributed by atoms with E-state index in [9.17, 15) is 0 Å². The van der Waals surface area contributed by atoms with Gasteiger partial charge in [0.2, 0.25) is 0 Å². The van der Waals surface area contributed by atoms with Crippen LogP contribution in [0.15, 0.2) is 47.1 Å². The summed E-state index contributed by atoms with van der Waals surface area (Å²) in [6.45, 7) is 1.74. The molecule has 0 spiro atoms. The van der Waals surface area contributed by atoms with Crippen LogP contribution in [0.1, 0.15) is 24.1 Å². The average molecular weight is 346 g/mol. The highest BCUT2D eigenvalue weighted by atomic mass is 79.9. The topological polar surface area (TPSA) is 28.2 Å². The quantitative estimate of drug-likeness (QED) is 0.864. The van der Waals surface area contributed by atoms with E-state index in [1.807, 2.05) is 18.3 Å². The predicted molar refractivity (Wildman–Crippen MR) is 90.3 cm³/mol. The van der Waals surface area contributed by atoms with Crippen molar-refractivity contribution in [1.82, 2.24) is 10.3 Å². The molecule has 1 saturated carbocycles. The first-order valence-electron chi connectivity index (χ1n) is 7.35. The summed E-state index contributed by atoms with van der Waals surface area (Å²) in [5, 5.41) is 3.60. The van der Waals surface area contributed by atoms with Gasteiger partial charge in [-0.3, -0.25) is 4.98 Å². The lowest BCUT2D eigenvalue weighted by molar-refractivity contribution is 0.685. The third-order valence-corrected chi connectivity index (χ3v) is 4.23. The van der Waals surface area contributed by atoms with Crippen molar-refractivity contribution < 1.29 is 0 Å². The molecule has 0 bridgehead atoms. The van der Waals surface area contributed by atoms with Crippen LogP contribution in [0.4, 0.5) is 5.69 Å². The van der Waals surface area contributed by atoms with E-state index in [1.54, 1.807) is 0 Å². The van der Waals surface area contributed by atoms with E-state index in [0.717, 1.165) is 29.3 Å². The zero-order valence-electron chi connectivity index (χ0n) is 12.2. The molecule has 0 aliphatic heterocycles. The summed E-state index contributed by atoms with van der Waals surface area (Å²) in [5.41, 5.74) is 3.68. The van der Waals surface area contributed by atoms with Crippen LogP contribution in [0.25, 0.3) is 0 Å². The Morgan fingerprint density at radius 2 is 2.14 bits per heavy atom. The van der Waals surface area contributed by atoms with Gasteiger partial charge in [-0.1, -0.05) is 22.0 Å². The maximum atomic E-state index is 4.41. The van der Waals surface area contributed by atoms with Crippen molar-refractivity contribution in [3.8, 4) is 0 Å². The maximum Gasteiger partial charge on any atom is 0.0598 e.